The third-order valence-electron chi connectivity index (χ3n) is 4.98. The van der Waals surface area contributed by atoms with Crippen molar-refractivity contribution < 1.29 is 17.6 Å². The van der Waals surface area contributed by atoms with Crippen LogP contribution in [0.2, 0.25) is 5.02 Å². The number of aromatic nitrogens is 8. The Hall–Kier alpha value is -4.64. The summed E-state index contributed by atoms with van der Waals surface area (Å²) in [5.41, 5.74) is 0.710. The predicted octanol–water partition coefficient (Wildman–Crippen LogP) is 3.32. The first-order valence-corrected chi connectivity index (χ1v) is 10.4. The van der Waals surface area contributed by atoms with Crippen LogP contribution in [0.3, 0.4) is 0 Å². The monoisotopic (exact) mass is 513 g/mol. The molecule has 0 N–H and O–H groups in total. The summed E-state index contributed by atoms with van der Waals surface area (Å²) in [6.07, 6.45) is -3.30. The van der Waals surface area contributed by atoms with E-state index in [1.54, 1.807) is 25.1 Å². The molecule has 4 heterocycles. The minimum atomic E-state index is -4.76. The lowest BCUT2D eigenvalue weighted by atomic mass is 10.1. The second-order valence-corrected chi connectivity index (χ2v) is 7.90. The zero-order chi connectivity index (χ0) is 25.6. The van der Waals surface area contributed by atoms with E-state index < -0.39 is 17.6 Å². The summed E-state index contributed by atoms with van der Waals surface area (Å²) >= 11 is 6.29. The number of hydrogen-bond acceptors (Lipinski definition) is 9. The van der Waals surface area contributed by atoms with Crippen LogP contribution in [0.4, 0.5) is 13.2 Å². The number of pyridine rings is 1. The van der Waals surface area contributed by atoms with Gasteiger partial charge in [0.1, 0.15) is 12.2 Å². The Bertz CT molecular complexity index is 1730. The number of alkyl halides is 3. The molecular weight excluding hydrogens is 503 g/mol. The Labute approximate surface area is 203 Å². The number of fused-ring (bicyclic) bond motifs is 1. The summed E-state index contributed by atoms with van der Waals surface area (Å²) in [6.45, 7) is 1.39. The molecule has 1 aromatic carbocycles. The molecule has 4 aromatic heterocycles. The van der Waals surface area contributed by atoms with E-state index in [-0.39, 0.29) is 45.6 Å². The van der Waals surface area contributed by atoms with Crippen LogP contribution in [0.25, 0.3) is 28.3 Å². The maximum atomic E-state index is 12.9. The van der Waals surface area contributed by atoms with Gasteiger partial charge in [-0.3, -0.25) is 0 Å². The molecule has 0 aliphatic heterocycles. The number of rotatable bonds is 4. The average molecular weight is 514 g/mol. The fourth-order valence-electron chi connectivity index (χ4n) is 3.45. The van der Waals surface area contributed by atoms with Crippen molar-refractivity contribution in [2.75, 3.05) is 0 Å². The molecular formula is C21H11ClF3N9O2. The first-order valence-electron chi connectivity index (χ1n) is 10.0. The van der Waals surface area contributed by atoms with Gasteiger partial charge in [0, 0.05) is 6.20 Å². The van der Waals surface area contributed by atoms with Crippen molar-refractivity contribution in [2.24, 2.45) is 0 Å². The lowest BCUT2D eigenvalue weighted by Crippen LogP contribution is -2.10. The van der Waals surface area contributed by atoms with Crippen LogP contribution in [0.1, 0.15) is 22.6 Å². The molecule has 0 aliphatic carbocycles. The van der Waals surface area contributed by atoms with Gasteiger partial charge in [-0.15, -0.1) is 10.2 Å². The molecule has 0 saturated heterocycles. The first kappa shape index (κ1) is 23.1. The predicted molar refractivity (Wildman–Crippen MR) is 117 cm³/mol. The van der Waals surface area contributed by atoms with Crippen LogP contribution >= 0.6 is 11.6 Å². The van der Waals surface area contributed by atoms with Gasteiger partial charge in [-0.2, -0.15) is 28.3 Å². The lowest BCUT2D eigenvalue weighted by molar-refractivity contribution is -0.145. The minimum Gasteiger partial charge on any atom is -0.401 e. The summed E-state index contributed by atoms with van der Waals surface area (Å²) < 4.78 is 45.2. The highest BCUT2D eigenvalue weighted by Gasteiger charge is 2.36. The normalized spacial score (nSPS) is 11.7. The molecule has 0 bridgehead atoms. The summed E-state index contributed by atoms with van der Waals surface area (Å²) in [5, 5.41) is 23.6. The molecule has 0 radical (unpaired) electrons. The second-order valence-electron chi connectivity index (χ2n) is 7.49. The van der Waals surface area contributed by atoms with Gasteiger partial charge >= 0.3 is 11.8 Å². The molecule has 0 amide bonds. The third kappa shape index (κ3) is 4.16. The summed E-state index contributed by atoms with van der Waals surface area (Å²) in [5.74, 6) is -1.39. The van der Waals surface area contributed by atoms with Crippen molar-refractivity contribution in [3.05, 3.63) is 74.6 Å². The molecule has 0 atom stereocenters. The molecule has 0 unspecified atom stereocenters. The smallest absolute Gasteiger partial charge is 0.401 e. The lowest BCUT2D eigenvalue weighted by Gasteiger charge is -2.08. The van der Waals surface area contributed by atoms with E-state index in [2.05, 4.69) is 30.5 Å². The Morgan fingerprint density at radius 1 is 1.22 bits per heavy atom. The Kier molecular flexibility index (Phi) is 5.48. The molecule has 5 rings (SSSR count). The van der Waals surface area contributed by atoms with Gasteiger partial charge in [-0.1, -0.05) is 11.6 Å². The molecule has 0 saturated carbocycles. The molecule has 0 aliphatic rings. The van der Waals surface area contributed by atoms with Crippen LogP contribution in [0, 0.1) is 18.3 Å². The molecule has 180 valence electrons. The Morgan fingerprint density at radius 3 is 2.72 bits per heavy atom. The molecule has 36 heavy (non-hydrogen) atoms. The minimum absolute atomic E-state index is 0.115. The number of nitrogens with zero attached hydrogens (tertiary/aromatic N) is 9. The highest BCUT2D eigenvalue weighted by molar-refractivity contribution is 6.32. The Morgan fingerprint density at radius 2 is 2.03 bits per heavy atom. The van der Waals surface area contributed by atoms with Crippen LogP contribution in [-0.2, 0) is 12.7 Å². The van der Waals surface area contributed by atoms with E-state index in [0.29, 0.717) is 11.1 Å². The topological polar surface area (TPSA) is 141 Å². The summed E-state index contributed by atoms with van der Waals surface area (Å²) in [7, 11) is 0. The summed E-state index contributed by atoms with van der Waals surface area (Å²) in [6, 6.07) is 9.50. The average Bonchev–Trinajstić information content (AvgIpc) is 3.47. The fourth-order valence-corrected chi connectivity index (χ4v) is 3.65. The number of benzene rings is 1. The standard InChI is InChI=1S/C21H11ClF3N9O2/c1-10-5-11(8-26)6-13-16(10)28-18(36-19(13)35)15-7-12(9-33-31-20(29-32-33)21(23,24)25)30-34(15)17-14(22)3-2-4-27-17/h2-7H,9H2,1H3. The van der Waals surface area contributed by atoms with Crippen molar-refractivity contribution in [3.63, 3.8) is 0 Å². The van der Waals surface area contributed by atoms with Crippen molar-refractivity contribution in [1.82, 2.24) is 40.0 Å². The quantitative estimate of drug-likeness (QED) is 0.353. The number of halogens is 4. The van der Waals surface area contributed by atoms with E-state index in [1.165, 1.54) is 23.0 Å². The van der Waals surface area contributed by atoms with Crippen LogP contribution in [-0.4, -0.2) is 40.0 Å². The number of aryl methyl sites for hydroxylation is 1. The maximum absolute atomic E-state index is 12.9. The largest absolute Gasteiger partial charge is 0.455 e. The SMILES string of the molecule is Cc1cc(C#N)cc2c(=O)oc(-c3cc(Cn4nnc(C(F)(F)F)n4)nn3-c3ncccc3Cl)nc12. The van der Waals surface area contributed by atoms with Gasteiger partial charge in [0.2, 0.25) is 5.89 Å². The zero-order valence-electron chi connectivity index (χ0n) is 18.0. The number of tetrazole rings is 1. The van der Waals surface area contributed by atoms with Gasteiger partial charge in [0.05, 0.1) is 33.3 Å². The number of nitriles is 1. The second kappa shape index (κ2) is 8.54. The van der Waals surface area contributed by atoms with Gasteiger partial charge in [-0.05, 0) is 48.0 Å². The number of hydrogen-bond donors (Lipinski definition) is 0. The van der Waals surface area contributed by atoms with Crippen molar-refractivity contribution >= 4 is 22.5 Å². The van der Waals surface area contributed by atoms with Gasteiger partial charge < -0.3 is 4.42 Å². The highest BCUT2D eigenvalue weighted by Crippen LogP contribution is 2.28. The van der Waals surface area contributed by atoms with Crippen molar-refractivity contribution in [3.8, 4) is 23.5 Å². The van der Waals surface area contributed by atoms with E-state index in [1.807, 2.05) is 6.07 Å². The van der Waals surface area contributed by atoms with E-state index >= 15 is 0 Å². The molecule has 0 spiro atoms. The van der Waals surface area contributed by atoms with E-state index in [9.17, 15) is 23.2 Å². The van der Waals surface area contributed by atoms with Gasteiger partial charge in [0.25, 0.3) is 5.82 Å². The first-order chi connectivity index (χ1) is 17.1. The molecule has 11 nitrogen and oxygen atoms in total. The van der Waals surface area contributed by atoms with Crippen molar-refractivity contribution in [1.29, 1.82) is 5.26 Å². The van der Waals surface area contributed by atoms with E-state index in [4.69, 9.17) is 16.0 Å². The zero-order valence-corrected chi connectivity index (χ0v) is 18.8. The van der Waals surface area contributed by atoms with Crippen molar-refractivity contribution in [2.45, 2.75) is 19.6 Å². The fraction of sp³-hybridized carbons (Fsp3) is 0.143. The highest BCUT2D eigenvalue weighted by atomic mass is 35.5. The Balaban J connectivity index is 1.67. The van der Waals surface area contributed by atoms with Crippen LogP contribution < -0.4 is 5.63 Å². The van der Waals surface area contributed by atoms with Gasteiger partial charge in [-0.25, -0.2) is 19.4 Å². The van der Waals surface area contributed by atoms with E-state index in [0.717, 1.165) is 4.80 Å². The van der Waals surface area contributed by atoms with Crippen LogP contribution in [0.15, 0.2) is 45.7 Å². The summed E-state index contributed by atoms with van der Waals surface area (Å²) in [4.78, 5) is 22.1. The molecule has 5 aromatic rings. The molecule has 0 fully saturated rings. The van der Waals surface area contributed by atoms with Gasteiger partial charge in [0.15, 0.2) is 5.82 Å². The third-order valence-corrected chi connectivity index (χ3v) is 5.28. The molecule has 15 heteroatoms. The maximum Gasteiger partial charge on any atom is 0.455 e. The van der Waals surface area contributed by atoms with Crippen LogP contribution in [0.5, 0.6) is 0 Å².